The van der Waals surface area contributed by atoms with Gasteiger partial charge in [0.2, 0.25) is 0 Å². The van der Waals surface area contributed by atoms with Crippen molar-refractivity contribution in [3.63, 3.8) is 0 Å². The zero-order valence-corrected chi connectivity index (χ0v) is 14.8. The van der Waals surface area contributed by atoms with Crippen LogP contribution in [0.2, 0.25) is 0 Å². The lowest BCUT2D eigenvalue weighted by Gasteiger charge is -2.26. The van der Waals surface area contributed by atoms with Crippen molar-refractivity contribution in [2.45, 2.75) is 32.3 Å². The van der Waals surface area contributed by atoms with Crippen molar-refractivity contribution in [3.05, 3.63) is 71.3 Å². The Morgan fingerprint density at radius 1 is 1.19 bits per heavy atom. The lowest BCUT2D eigenvalue weighted by atomic mass is 9.93. The second kappa shape index (κ2) is 8.48. The van der Waals surface area contributed by atoms with E-state index in [0.29, 0.717) is 23.5 Å². The third-order valence-corrected chi connectivity index (χ3v) is 4.29. The Bertz CT molecular complexity index is 808. The number of Topliss-reactive ketones (excluding diaryl/α,β-unsaturated/α-hetero) is 1. The first-order chi connectivity index (χ1) is 12.7. The van der Waals surface area contributed by atoms with Gasteiger partial charge >= 0.3 is 5.97 Å². The van der Waals surface area contributed by atoms with Crippen molar-refractivity contribution in [2.24, 2.45) is 0 Å². The second-order valence-electron chi connectivity index (χ2n) is 6.22. The molecule has 134 valence electrons. The molecule has 0 bridgehead atoms. The Balaban J connectivity index is 1.78. The number of hydrogen-bond donors (Lipinski definition) is 0. The summed E-state index contributed by atoms with van der Waals surface area (Å²) in [5.74, 6) is 0.165. The molecule has 0 amide bonds. The molecule has 4 nitrogen and oxygen atoms in total. The van der Waals surface area contributed by atoms with E-state index in [1.54, 1.807) is 18.2 Å². The topological polar surface area (TPSA) is 52.6 Å². The minimum Gasteiger partial charge on any atom is -0.484 e. The molecular formula is C22H22O4. The Labute approximate surface area is 153 Å². The van der Waals surface area contributed by atoms with Crippen LogP contribution < -0.4 is 4.74 Å². The zero-order chi connectivity index (χ0) is 18.4. The van der Waals surface area contributed by atoms with E-state index >= 15 is 0 Å². The highest BCUT2D eigenvalue weighted by atomic mass is 16.5. The highest BCUT2D eigenvalue weighted by Crippen LogP contribution is 2.36. The normalized spacial score (nSPS) is 16.2. The van der Waals surface area contributed by atoms with E-state index in [9.17, 15) is 9.59 Å². The van der Waals surface area contributed by atoms with Gasteiger partial charge in [-0.25, -0.2) is 4.79 Å². The number of carbonyl (C=O) groups is 2. The molecule has 2 aromatic carbocycles. The lowest BCUT2D eigenvalue weighted by molar-refractivity contribution is -0.137. The summed E-state index contributed by atoms with van der Waals surface area (Å²) in [5.41, 5.74) is 2.18. The number of carbonyl (C=O) groups excluding carboxylic acids is 2. The summed E-state index contributed by atoms with van der Waals surface area (Å²) < 4.78 is 11.2. The summed E-state index contributed by atoms with van der Waals surface area (Å²) in [6, 6.07) is 15.1. The number of esters is 1. The lowest BCUT2D eigenvalue weighted by Crippen LogP contribution is -2.21. The Morgan fingerprint density at radius 2 is 2.00 bits per heavy atom. The molecule has 1 aliphatic rings. The molecule has 26 heavy (non-hydrogen) atoms. The maximum atomic E-state index is 12.7. The van der Waals surface area contributed by atoms with Gasteiger partial charge in [-0.15, -0.1) is 0 Å². The second-order valence-corrected chi connectivity index (χ2v) is 6.22. The molecule has 3 rings (SSSR count). The molecule has 1 heterocycles. The molecule has 0 saturated heterocycles. The van der Waals surface area contributed by atoms with Gasteiger partial charge < -0.3 is 9.47 Å². The maximum Gasteiger partial charge on any atom is 0.330 e. The SMILES string of the molecule is CCCCOC(=O)/C=C/c1cccc2c1C(=O)CC(c1ccccc1)O2. The van der Waals surface area contributed by atoms with E-state index in [0.717, 1.165) is 18.4 Å². The number of ketones is 1. The van der Waals surface area contributed by atoms with E-state index in [-0.39, 0.29) is 18.3 Å². The van der Waals surface area contributed by atoms with E-state index in [4.69, 9.17) is 9.47 Å². The van der Waals surface area contributed by atoms with Crippen molar-refractivity contribution in [3.8, 4) is 5.75 Å². The van der Waals surface area contributed by atoms with Crippen LogP contribution in [0.25, 0.3) is 6.08 Å². The van der Waals surface area contributed by atoms with E-state index in [1.165, 1.54) is 6.08 Å². The molecule has 1 aliphatic heterocycles. The summed E-state index contributed by atoms with van der Waals surface area (Å²) in [5, 5.41) is 0. The van der Waals surface area contributed by atoms with Crippen LogP contribution in [-0.2, 0) is 9.53 Å². The molecule has 0 spiro atoms. The van der Waals surface area contributed by atoms with Crippen molar-refractivity contribution >= 4 is 17.8 Å². The monoisotopic (exact) mass is 350 g/mol. The number of unbranched alkanes of at least 4 members (excludes halogenated alkanes) is 1. The average molecular weight is 350 g/mol. The van der Waals surface area contributed by atoms with Gasteiger partial charge in [-0.05, 0) is 29.7 Å². The molecular weight excluding hydrogens is 328 g/mol. The van der Waals surface area contributed by atoms with Crippen LogP contribution >= 0.6 is 0 Å². The van der Waals surface area contributed by atoms with Gasteiger partial charge in [0, 0.05) is 6.08 Å². The Kier molecular flexibility index (Phi) is 5.84. The summed E-state index contributed by atoms with van der Waals surface area (Å²) in [6.45, 7) is 2.45. The van der Waals surface area contributed by atoms with Gasteiger partial charge in [0.25, 0.3) is 0 Å². The fourth-order valence-corrected chi connectivity index (χ4v) is 2.93. The minimum atomic E-state index is -0.401. The van der Waals surface area contributed by atoms with Gasteiger partial charge in [0.15, 0.2) is 5.78 Å². The standard InChI is InChI=1S/C22H22O4/c1-2-3-14-25-21(24)13-12-17-10-7-11-19-22(17)18(23)15-20(26-19)16-8-5-4-6-9-16/h4-13,20H,2-3,14-15H2,1H3/b13-12+. The van der Waals surface area contributed by atoms with Gasteiger partial charge in [0.05, 0.1) is 18.6 Å². The summed E-state index contributed by atoms with van der Waals surface area (Å²) >= 11 is 0. The predicted molar refractivity (Wildman–Crippen MR) is 100 cm³/mol. The van der Waals surface area contributed by atoms with Crippen LogP contribution in [-0.4, -0.2) is 18.4 Å². The van der Waals surface area contributed by atoms with Crippen LogP contribution in [0.1, 0.15) is 53.8 Å². The summed E-state index contributed by atoms with van der Waals surface area (Å²) in [7, 11) is 0. The van der Waals surface area contributed by atoms with E-state index in [1.807, 2.05) is 43.3 Å². The van der Waals surface area contributed by atoms with Gasteiger partial charge in [-0.1, -0.05) is 55.8 Å². The number of benzene rings is 2. The van der Waals surface area contributed by atoms with Gasteiger partial charge in [0.1, 0.15) is 11.9 Å². The summed E-state index contributed by atoms with van der Waals surface area (Å²) in [4.78, 5) is 24.5. The fraction of sp³-hybridized carbons (Fsp3) is 0.273. The van der Waals surface area contributed by atoms with Crippen molar-refractivity contribution < 1.29 is 19.1 Å². The van der Waals surface area contributed by atoms with Crippen molar-refractivity contribution in [2.75, 3.05) is 6.61 Å². The Hall–Kier alpha value is -2.88. The molecule has 0 radical (unpaired) electrons. The number of fused-ring (bicyclic) bond motifs is 1. The number of rotatable bonds is 6. The van der Waals surface area contributed by atoms with Crippen LogP contribution in [0.3, 0.4) is 0 Å². The maximum absolute atomic E-state index is 12.7. The fourth-order valence-electron chi connectivity index (χ4n) is 2.93. The third kappa shape index (κ3) is 4.20. The van der Waals surface area contributed by atoms with Gasteiger partial charge in [-0.3, -0.25) is 4.79 Å². The molecule has 0 saturated carbocycles. The minimum absolute atomic E-state index is 0.0136. The average Bonchev–Trinajstić information content (AvgIpc) is 2.67. The Morgan fingerprint density at radius 3 is 2.77 bits per heavy atom. The molecule has 1 unspecified atom stereocenters. The van der Waals surface area contributed by atoms with Crippen molar-refractivity contribution in [1.82, 2.24) is 0 Å². The largest absolute Gasteiger partial charge is 0.484 e. The van der Waals surface area contributed by atoms with Crippen LogP contribution in [0.5, 0.6) is 5.75 Å². The molecule has 0 N–H and O–H groups in total. The molecule has 1 atom stereocenters. The smallest absolute Gasteiger partial charge is 0.330 e. The first-order valence-electron chi connectivity index (χ1n) is 8.91. The molecule has 0 fully saturated rings. The van der Waals surface area contributed by atoms with E-state index in [2.05, 4.69) is 0 Å². The van der Waals surface area contributed by atoms with Gasteiger partial charge in [-0.2, -0.15) is 0 Å². The number of ether oxygens (including phenoxy) is 2. The van der Waals surface area contributed by atoms with Crippen LogP contribution in [0, 0.1) is 0 Å². The summed E-state index contributed by atoms with van der Waals surface area (Å²) in [6.07, 6.45) is 4.79. The molecule has 4 heteroatoms. The number of hydrogen-bond acceptors (Lipinski definition) is 4. The van der Waals surface area contributed by atoms with Crippen LogP contribution in [0.15, 0.2) is 54.6 Å². The molecule has 2 aromatic rings. The predicted octanol–water partition coefficient (Wildman–Crippen LogP) is 4.75. The zero-order valence-electron chi connectivity index (χ0n) is 14.8. The highest BCUT2D eigenvalue weighted by molar-refractivity contribution is 6.04. The first-order valence-corrected chi connectivity index (χ1v) is 8.91. The highest BCUT2D eigenvalue weighted by Gasteiger charge is 2.29. The third-order valence-electron chi connectivity index (χ3n) is 4.29. The van der Waals surface area contributed by atoms with Crippen molar-refractivity contribution in [1.29, 1.82) is 0 Å². The quantitative estimate of drug-likeness (QED) is 0.429. The molecule has 0 aromatic heterocycles. The first kappa shape index (κ1) is 17.9. The van der Waals surface area contributed by atoms with E-state index < -0.39 is 5.97 Å². The molecule has 0 aliphatic carbocycles. The van der Waals surface area contributed by atoms with Crippen LogP contribution in [0.4, 0.5) is 0 Å².